The molecule has 0 aromatic carbocycles. The lowest BCUT2D eigenvalue weighted by Gasteiger charge is -2.18. The summed E-state index contributed by atoms with van der Waals surface area (Å²) in [5, 5.41) is 0. The summed E-state index contributed by atoms with van der Waals surface area (Å²) in [6, 6.07) is 0. The Morgan fingerprint density at radius 1 is 0.355 bits per heavy atom. The minimum atomic E-state index is -0.801. The predicted molar refractivity (Wildman–Crippen MR) is 265 cm³/mol. The Labute approximate surface area is 380 Å². The largest absolute Gasteiger partial charge is 0.462 e. The molecule has 0 rings (SSSR count). The third-order valence-corrected chi connectivity index (χ3v) is 10.1. The van der Waals surface area contributed by atoms with Crippen LogP contribution in [-0.2, 0) is 28.6 Å². The van der Waals surface area contributed by atoms with E-state index in [1.807, 2.05) is 36.5 Å². The Kier molecular flexibility index (Phi) is 46.6. The van der Waals surface area contributed by atoms with Gasteiger partial charge in [0.2, 0.25) is 0 Å². The summed E-state index contributed by atoms with van der Waals surface area (Å²) in [6.45, 7) is 6.33. The number of unbranched alkanes of at least 4 members (excludes halogenated alkanes) is 18. The standard InChI is InChI=1S/C56H90O6/c1-4-7-10-13-16-19-22-24-26-28-29-31-32-34-37-40-43-46-49-55(58)61-52-53(51-60-54(57)48-45-42-39-36-21-18-15-12-9-6-3)62-56(59)50-47-44-41-38-35-33-30-27-25-23-20-17-14-11-8-5-2/h8,10-11,13,15-20,22,24-29,31,53H,4-7,9,12,14,21,23,30,32-52H2,1-3H3/b11-8-,13-10-,18-15-,19-16-,20-17-,24-22-,27-25-,28-26-,31-29-. The molecule has 0 aromatic rings. The van der Waals surface area contributed by atoms with E-state index in [2.05, 4.69) is 93.7 Å². The number of ether oxygens (including phenoxy) is 3. The van der Waals surface area contributed by atoms with Crippen molar-refractivity contribution in [1.29, 1.82) is 0 Å². The Balaban J connectivity index is 4.47. The van der Waals surface area contributed by atoms with Crippen LogP contribution in [0.1, 0.15) is 207 Å². The van der Waals surface area contributed by atoms with Crippen LogP contribution < -0.4 is 0 Å². The second-order valence-corrected chi connectivity index (χ2v) is 16.1. The van der Waals surface area contributed by atoms with E-state index in [-0.39, 0.29) is 31.1 Å². The fourth-order valence-corrected chi connectivity index (χ4v) is 6.35. The third kappa shape index (κ3) is 47.1. The van der Waals surface area contributed by atoms with Crippen molar-refractivity contribution in [1.82, 2.24) is 0 Å². The molecule has 1 atom stereocenters. The molecule has 0 saturated heterocycles. The van der Waals surface area contributed by atoms with Gasteiger partial charge in [0, 0.05) is 19.3 Å². The average molecular weight is 859 g/mol. The second kappa shape index (κ2) is 49.7. The molecule has 0 bridgehead atoms. The van der Waals surface area contributed by atoms with Crippen molar-refractivity contribution < 1.29 is 28.6 Å². The quantitative estimate of drug-likeness (QED) is 0.0200. The second-order valence-electron chi connectivity index (χ2n) is 16.1. The van der Waals surface area contributed by atoms with Crippen LogP contribution in [0, 0.1) is 0 Å². The van der Waals surface area contributed by atoms with Gasteiger partial charge in [-0.2, -0.15) is 0 Å². The molecule has 0 amide bonds. The summed E-state index contributed by atoms with van der Waals surface area (Å²) in [5.41, 5.74) is 0. The van der Waals surface area contributed by atoms with Gasteiger partial charge in [-0.25, -0.2) is 0 Å². The van der Waals surface area contributed by atoms with Crippen LogP contribution in [0.25, 0.3) is 0 Å². The summed E-state index contributed by atoms with van der Waals surface area (Å²) in [6.07, 6.45) is 66.3. The highest BCUT2D eigenvalue weighted by molar-refractivity contribution is 5.71. The SMILES string of the molecule is CC/C=C\C/C=C\C/C=C\CCCCCCCCC(=O)OC(COC(=O)CCCCCC/C=C\CCCC)COC(=O)CCCCCCC\C=C/C=C\C=C/C=C\C=C/CCC. The van der Waals surface area contributed by atoms with E-state index in [4.69, 9.17) is 14.2 Å². The number of hydrogen-bond donors (Lipinski definition) is 0. The Hall–Kier alpha value is -3.93. The molecule has 0 fully saturated rings. The maximum absolute atomic E-state index is 12.8. The molecule has 6 nitrogen and oxygen atoms in total. The molecule has 0 heterocycles. The molecule has 0 aliphatic rings. The van der Waals surface area contributed by atoms with Gasteiger partial charge in [-0.1, -0.05) is 207 Å². The number of carbonyl (C=O) groups is 3. The highest BCUT2D eigenvalue weighted by Crippen LogP contribution is 2.13. The third-order valence-electron chi connectivity index (χ3n) is 10.1. The molecule has 0 aliphatic carbocycles. The highest BCUT2D eigenvalue weighted by Gasteiger charge is 2.19. The van der Waals surface area contributed by atoms with E-state index in [1.54, 1.807) is 0 Å². The smallest absolute Gasteiger partial charge is 0.306 e. The van der Waals surface area contributed by atoms with E-state index in [0.29, 0.717) is 19.3 Å². The van der Waals surface area contributed by atoms with Crippen LogP contribution in [0.5, 0.6) is 0 Å². The van der Waals surface area contributed by atoms with Crippen molar-refractivity contribution in [3.05, 3.63) is 109 Å². The van der Waals surface area contributed by atoms with Gasteiger partial charge in [-0.15, -0.1) is 0 Å². The maximum Gasteiger partial charge on any atom is 0.306 e. The summed E-state index contributed by atoms with van der Waals surface area (Å²) >= 11 is 0. The van der Waals surface area contributed by atoms with Crippen molar-refractivity contribution in [2.24, 2.45) is 0 Å². The fraction of sp³-hybridized carbons (Fsp3) is 0.625. The minimum Gasteiger partial charge on any atom is -0.462 e. The number of carbonyl (C=O) groups excluding carboxylic acids is 3. The molecule has 6 heteroatoms. The first-order chi connectivity index (χ1) is 30.5. The van der Waals surface area contributed by atoms with Crippen LogP contribution in [0.15, 0.2) is 109 Å². The highest BCUT2D eigenvalue weighted by atomic mass is 16.6. The molecular formula is C56H90O6. The fourth-order valence-electron chi connectivity index (χ4n) is 6.35. The van der Waals surface area contributed by atoms with E-state index in [9.17, 15) is 14.4 Å². The first-order valence-corrected chi connectivity index (χ1v) is 25.0. The van der Waals surface area contributed by atoms with Crippen LogP contribution >= 0.6 is 0 Å². The molecule has 0 radical (unpaired) electrons. The van der Waals surface area contributed by atoms with E-state index in [0.717, 1.165) is 135 Å². The number of rotatable bonds is 43. The first-order valence-electron chi connectivity index (χ1n) is 25.0. The van der Waals surface area contributed by atoms with Crippen molar-refractivity contribution in [2.75, 3.05) is 13.2 Å². The molecule has 0 N–H and O–H groups in total. The van der Waals surface area contributed by atoms with Gasteiger partial charge in [0.1, 0.15) is 13.2 Å². The van der Waals surface area contributed by atoms with Crippen molar-refractivity contribution >= 4 is 17.9 Å². The van der Waals surface area contributed by atoms with Gasteiger partial charge in [0.15, 0.2) is 6.10 Å². The average Bonchev–Trinajstić information content (AvgIpc) is 3.27. The zero-order valence-electron chi connectivity index (χ0n) is 39.8. The lowest BCUT2D eigenvalue weighted by atomic mass is 10.1. The van der Waals surface area contributed by atoms with Crippen molar-refractivity contribution in [2.45, 2.75) is 213 Å². The van der Waals surface area contributed by atoms with Gasteiger partial charge < -0.3 is 14.2 Å². The lowest BCUT2D eigenvalue weighted by Crippen LogP contribution is -2.30. The summed E-state index contributed by atoms with van der Waals surface area (Å²) < 4.78 is 16.7. The van der Waals surface area contributed by atoms with Gasteiger partial charge in [-0.05, 0) is 89.9 Å². The van der Waals surface area contributed by atoms with Crippen molar-refractivity contribution in [3.63, 3.8) is 0 Å². The van der Waals surface area contributed by atoms with E-state index < -0.39 is 6.10 Å². The first kappa shape index (κ1) is 58.1. The number of esters is 3. The summed E-state index contributed by atoms with van der Waals surface area (Å²) in [4.78, 5) is 37.9. The normalized spacial score (nSPS) is 13.0. The van der Waals surface area contributed by atoms with Gasteiger partial charge in [0.25, 0.3) is 0 Å². The Morgan fingerprint density at radius 3 is 1.21 bits per heavy atom. The van der Waals surface area contributed by atoms with Gasteiger partial charge in [0.05, 0.1) is 0 Å². The zero-order valence-corrected chi connectivity index (χ0v) is 39.8. The topological polar surface area (TPSA) is 78.9 Å². The van der Waals surface area contributed by atoms with Crippen molar-refractivity contribution in [3.8, 4) is 0 Å². The van der Waals surface area contributed by atoms with Crippen LogP contribution in [0.4, 0.5) is 0 Å². The molecule has 0 aromatic heterocycles. The van der Waals surface area contributed by atoms with Gasteiger partial charge in [-0.3, -0.25) is 14.4 Å². The minimum absolute atomic E-state index is 0.100. The maximum atomic E-state index is 12.8. The van der Waals surface area contributed by atoms with Crippen LogP contribution in [0.3, 0.4) is 0 Å². The van der Waals surface area contributed by atoms with E-state index in [1.165, 1.54) is 32.1 Å². The van der Waals surface area contributed by atoms with Gasteiger partial charge >= 0.3 is 17.9 Å². The molecule has 0 spiro atoms. The molecular weight excluding hydrogens is 769 g/mol. The molecule has 0 aliphatic heterocycles. The van der Waals surface area contributed by atoms with Crippen LogP contribution in [0.2, 0.25) is 0 Å². The lowest BCUT2D eigenvalue weighted by molar-refractivity contribution is -0.167. The molecule has 62 heavy (non-hydrogen) atoms. The Bertz CT molecular complexity index is 1310. The predicted octanol–water partition coefficient (Wildman–Crippen LogP) is 16.4. The summed E-state index contributed by atoms with van der Waals surface area (Å²) in [5.74, 6) is -0.959. The zero-order chi connectivity index (χ0) is 45.1. The van der Waals surface area contributed by atoms with E-state index >= 15 is 0 Å². The number of allylic oxidation sites excluding steroid dienone is 18. The molecule has 0 saturated carbocycles. The van der Waals surface area contributed by atoms with Crippen LogP contribution in [-0.4, -0.2) is 37.2 Å². The summed E-state index contributed by atoms with van der Waals surface area (Å²) in [7, 11) is 0. The monoisotopic (exact) mass is 859 g/mol. The Morgan fingerprint density at radius 2 is 0.726 bits per heavy atom. The molecule has 1 unspecified atom stereocenters. The molecule has 350 valence electrons. The number of hydrogen-bond acceptors (Lipinski definition) is 6.